The average Bonchev–Trinajstić information content (AvgIpc) is 3.73. The van der Waals surface area contributed by atoms with E-state index in [1.807, 2.05) is 76.2 Å². The summed E-state index contributed by atoms with van der Waals surface area (Å²) < 4.78 is 12.2. The number of likely N-dealkylation sites (tertiary alicyclic amines) is 1. The number of carbonyl (C=O) groups is 4. The van der Waals surface area contributed by atoms with Gasteiger partial charge in [-0.1, -0.05) is 68.5 Å². The van der Waals surface area contributed by atoms with Crippen LogP contribution in [0.2, 0.25) is 0 Å². The SMILES string of the molecule is C=CCCC(=O)OC[C@@H](NC(=O)[C@@H]1[C@H]2C(=O)N([C@@H](CO)C(C)C)[C@H](C(=O)N(CC=C)c3cc(C)ccc3C)[C@]23CC[C@H]1O3)c1ccccc1. The number of rotatable bonds is 15. The molecular weight excluding hydrogens is 622 g/mol. The number of hydrogen-bond acceptors (Lipinski definition) is 7. The van der Waals surface area contributed by atoms with Crippen LogP contribution in [0.25, 0.3) is 0 Å². The number of carbonyl (C=O) groups excluding carboxylic acids is 4. The predicted octanol–water partition coefficient (Wildman–Crippen LogP) is 4.58. The van der Waals surface area contributed by atoms with E-state index in [-0.39, 0.29) is 43.9 Å². The minimum absolute atomic E-state index is 0.0900. The van der Waals surface area contributed by atoms with E-state index in [1.54, 1.807) is 17.1 Å². The molecule has 2 N–H and O–H groups in total. The van der Waals surface area contributed by atoms with Crippen molar-refractivity contribution in [3.63, 3.8) is 0 Å². The normalized spacial score (nSPS) is 25.1. The summed E-state index contributed by atoms with van der Waals surface area (Å²) in [5, 5.41) is 13.7. The van der Waals surface area contributed by atoms with Crippen molar-refractivity contribution in [2.75, 3.05) is 24.7 Å². The highest BCUT2D eigenvalue weighted by molar-refractivity contribution is 6.05. The van der Waals surface area contributed by atoms with Crippen LogP contribution in [-0.2, 0) is 28.7 Å². The molecule has 5 rings (SSSR count). The molecule has 3 amide bonds. The van der Waals surface area contributed by atoms with Crippen molar-refractivity contribution in [1.29, 1.82) is 0 Å². The maximum atomic E-state index is 15.0. The van der Waals surface area contributed by atoms with E-state index in [0.29, 0.717) is 24.9 Å². The van der Waals surface area contributed by atoms with Gasteiger partial charge in [-0.2, -0.15) is 0 Å². The first-order valence-electron chi connectivity index (χ1n) is 17.2. The third-order valence-electron chi connectivity index (χ3n) is 10.3. The Hall–Kier alpha value is -4.28. The van der Waals surface area contributed by atoms with Crippen LogP contribution in [0.1, 0.15) is 62.3 Å². The number of aryl methyl sites for hydroxylation is 2. The molecule has 3 saturated heterocycles. The summed E-state index contributed by atoms with van der Waals surface area (Å²) in [5.41, 5.74) is 2.05. The molecule has 0 radical (unpaired) electrons. The lowest BCUT2D eigenvalue weighted by Crippen LogP contribution is -2.60. The molecule has 0 aromatic heterocycles. The quantitative estimate of drug-likeness (QED) is 0.210. The van der Waals surface area contributed by atoms with Crippen LogP contribution < -0.4 is 10.2 Å². The summed E-state index contributed by atoms with van der Waals surface area (Å²) in [6, 6.07) is 12.7. The van der Waals surface area contributed by atoms with Crippen molar-refractivity contribution in [1.82, 2.24) is 10.2 Å². The second-order valence-corrected chi connectivity index (χ2v) is 13.8. The molecule has 10 nitrogen and oxygen atoms in total. The molecule has 3 heterocycles. The minimum atomic E-state index is -1.26. The van der Waals surface area contributed by atoms with Crippen LogP contribution >= 0.6 is 0 Å². The number of nitrogens with zero attached hydrogens (tertiary/aromatic N) is 2. The standard InChI is InChI=1S/C39H49N3O7/c1-7-9-15-32(44)48-23-28(27-13-11-10-12-14-27)40-36(45)33-31-18-19-39(49-31)34(33)37(46)42(30(22-43)24(3)4)35(39)38(47)41(20-8-2)29-21-25(5)16-17-26(29)6/h7-8,10-14,16-17,21,24,28,30-31,33-35,43H,1-2,9,15,18-20,22-23H2,3-6H3,(H,40,45)/t28-,30+,31-,33+,34+,35-,39+/m1/s1. The number of hydrogen-bond donors (Lipinski definition) is 2. The molecule has 2 aromatic rings. The van der Waals surface area contributed by atoms with E-state index >= 15 is 0 Å². The molecule has 0 aliphatic carbocycles. The fourth-order valence-corrected chi connectivity index (χ4v) is 7.88. The van der Waals surface area contributed by atoms with Gasteiger partial charge in [0.05, 0.1) is 36.6 Å². The zero-order chi connectivity index (χ0) is 35.5. The first-order chi connectivity index (χ1) is 23.5. The van der Waals surface area contributed by atoms with E-state index in [0.717, 1.165) is 16.7 Å². The monoisotopic (exact) mass is 671 g/mol. The molecule has 0 unspecified atom stereocenters. The Morgan fingerprint density at radius 1 is 1.14 bits per heavy atom. The smallest absolute Gasteiger partial charge is 0.306 e. The van der Waals surface area contributed by atoms with Crippen molar-refractivity contribution >= 4 is 29.4 Å². The van der Waals surface area contributed by atoms with Crippen LogP contribution in [0.5, 0.6) is 0 Å². The minimum Gasteiger partial charge on any atom is -0.463 e. The highest BCUT2D eigenvalue weighted by Crippen LogP contribution is 2.59. The Morgan fingerprint density at radius 2 is 1.88 bits per heavy atom. The zero-order valence-corrected chi connectivity index (χ0v) is 29.0. The number of amides is 3. The van der Waals surface area contributed by atoms with Gasteiger partial charge < -0.3 is 29.7 Å². The largest absolute Gasteiger partial charge is 0.463 e. The molecule has 0 saturated carbocycles. The number of aliphatic hydroxyl groups excluding tert-OH is 1. The maximum absolute atomic E-state index is 15.0. The summed E-state index contributed by atoms with van der Waals surface area (Å²) in [6.45, 7) is 15.0. The van der Waals surface area contributed by atoms with Gasteiger partial charge in [-0.05, 0) is 61.8 Å². The van der Waals surface area contributed by atoms with Gasteiger partial charge in [0.15, 0.2) is 0 Å². The molecule has 7 atom stereocenters. The fraction of sp³-hybridized carbons (Fsp3) is 0.487. The van der Waals surface area contributed by atoms with Crippen molar-refractivity contribution < 1.29 is 33.8 Å². The molecule has 49 heavy (non-hydrogen) atoms. The molecule has 3 aliphatic heterocycles. The average molecular weight is 672 g/mol. The molecule has 2 aromatic carbocycles. The second kappa shape index (κ2) is 15.1. The summed E-state index contributed by atoms with van der Waals surface area (Å²) in [4.78, 5) is 59.5. The fourth-order valence-electron chi connectivity index (χ4n) is 7.88. The Kier molecular flexibility index (Phi) is 11.1. The van der Waals surface area contributed by atoms with Crippen LogP contribution in [0.15, 0.2) is 73.8 Å². The van der Waals surface area contributed by atoms with Gasteiger partial charge in [0.2, 0.25) is 11.8 Å². The van der Waals surface area contributed by atoms with Gasteiger partial charge in [-0.25, -0.2) is 0 Å². The molecule has 2 bridgehead atoms. The zero-order valence-electron chi connectivity index (χ0n) is 29.0. The van der Waals surface area contributed by atoms with E-state index in [9.17, 15) is 24.3 Å². The summed E-state index contributed by atoms with van der Waals surface area (Å²) in [6.07, 6.45) is 4.26. The van der Waals surface area contributed by atoms with Gasteiger partial charge in [0, 0.05) is 18.7 Å². The number of benzene rings is 2. The van der Waals surface area contributed by atoms with Gasteiger partial charge in [-0.15, -0.1) is 13.2 Å². The van der Waals surface area contributed by atoms with Crippen molar-refractivity contribution in [2.24, 2.45) is 17.8 Å². The number of ether oxygens (including phenoxy) is 2. The highest BCUT2D eigenvalue weighted by atomic mass is 16.5. The molecule has 1 spiro atoms. The highest BCUT2D eigenvalue weighted by Gasteiger charge is 2.75. The Balaban J connectivity index is 1.51. The number of aliphatic hydroxyl groups is 1. The second-order valence-electron chi connectivity index (χ2n) is 13.8. The Bertz CT molecular complexity index is 1580. The Morgan fingerprint density at radius 3 is 2.53 bits per heavy atom. The first kappa shape index (κ1) is 36.0. The number of esters is 1. The van der Waals surface area contributed by atoms with Gasteiger partial charge in [0.1, 0.15) is 18.2 Å². The number of allylic oxidation sites excluding steroid dienone is 1. The molecule has 10 heteroatoms. The van der Waals surface area contributed by atoms with E-state index in [2.05, 4.69) is 18.5 Å². The van der Waals surface area contributed by atoms with Crippen molar-refractivity contribution in [2.45, 2.75) is 83.2 Å². The first-order valence-corrected chi connectivity index (χ1v) is 17.2. The predicted molar refractivity (Wildman–Crippen MR) is 186 cm³/mol. The van der Waals surface area contributed by atoms with Crippen LogP contribution in [0.3, 0.4) is 0 Å². The van der Waals surface area contributed by atoms with Gasteiger partial charge >= 0.3 is 5.97 Å². The molecular formula is C39H49N3O7. The van der Waals surface area contributed by atoms with Crippen LogP contribution in [0.4, 0.5) is 5.69 Å². The van der Waals surface area contributed by atoms with Crippen molar-refractivity contribution in [3.05, 3.63) is 90.5 Å². The van der Waals surface area contributed by atoms with Crippen molar-refractivity contribution in [3.8, 4) is 0 Å². The lowest BCUT2D eigenvalue weighted by molar-refractivity contribution is -0.147. The third kappa shape index (κ3) is 6.81. The van der Waals surface area contributed by atoms with E-state index in [4.69, 9.17) is 9.47 Å². The number of nitrogens with one attached hydrogen (secondary N) is 1. The number of fused-ring (bicyclic) bond motifs is 1. The van der Waals surface area contributed by atoms with Crippen LogP contribution in [-0.4, -0.2) is 77.2 Å². The van der Waals surface area contributed by atoms with E-state index < -0.39 is 53.5 Å². The Labute approximate surface area is 289 Å². The molecule has 262 valence electrons. The maximum Gasteiger partial charge on any atom is 0.306 e. The number of anilines is 1. The summed E-state index contributed by atoms with van der Waals surface area (Å²) in [5.74, 6) is -3.53. The third-order valence-corrected chi connectivity index (χ3v) is 10.3. The molecule has 3 fully saturated rings. The van der Waals surface area contributed by atoms with Crippen LogP contribution in [0, 0.1) is 31.6 Å². The van der Waals surface area contributed by atoms with Gasteiger partial charge in [0.25, 0.3) is 5.91 Å². The lowest BCUT2D eigenvalue weighted by Gasteiger charge is -2.40. The topological polar surface area (TPSA) is 125 Å². The van der Waals surface area contributed by atoms with E-state index in [1.165, 1.54) is 4.90 Å². The lowest BCUT2D eigenvalue weighted by atomic mass is 9.70. The van der Waals surface area contributed by atoms with Gasteiger partial charge in [-0.3, -0.25) is 19.2 Å². The summed E-state index contributed by atoms with van der Waals surface area (Å²) >= 11 is 0. The summed E-state index contributed by atoms with van der Waals surface area (Å²) in [7, 11) is 0. The molecule has 3 aliphatic rings.